The molecule has 0 saturated carbocycles. The summed E-state index contributed by atoms with van der Waals surface area (Å²) in [5.74, 6) is 0.800. The van der Waals surface area contributed by atoms with Gasteiger partial charge in [0.25, 0.3) is 0 Å². The number of rotatable bonds is 7. The lowest BCUT2D eigenvalue weighted by atomic mass is 10.1. The molecule has 0 N–H and O–H groups in total. The Kier molecular flexibility index (Phi) is 5.84. The van der Waals surface area contributed by atoms with Crippen LogP contribution in [0.2, 0.25) is 0 Å². The second-order valence-electron chi connectivity index (χ2n) is 8.10. The van der Waals surface area contributed by atoms with Crippen LogP contribution in [0, 0.1) is 0 Å². The van der Waals surface area contributed by atoms with Gasteiger partial charge in [-0.25, -0.2) is 0 Å². The fourth-order valence-electron chi connectivity index (χ4n) is 4.08. The van der Waals surface area contributed by atoms with E-state index in [-0.39, 0.29) is 6.10 Å². The van der Waals surface area contributed by atoms with Crippen molar-refractivity contribution in [2.24, 2.45) is 0 Å². The zero-order chi connectivity index (χ0) is 21.0. The van der Waals surface area contributed by atoms with Crippen LogP contribution < -0.4 is 0 Å². The number of hydrogen-bond donors (Lipinski definition) is 0. The summed E-state index contributed by atoms with van der Waals surface area (Å²) in [6.07, 6.45) is 2.23. The second kappa shape index (κ2) is 9.06. The molecule has 2 aromatic heterocycles. The minimum absolute atomic E-state index is 0.104. The Morgan fingerprint density at radius 1 is 1.06 bits per heavy atom. The summed E-state index contributed by atoms with van der Waals surface area (Å²) in [4.78, 5) is 2.26. The largest absolute Gasteiger partial charge is 0.454 e. The van der Waals surface area contributed by atoms with Crippen LogP contribution >= 0.6 is 0 Å². The van der Waals surface area contributed by atoms with E-state index in [2.05, 4.69) is 54.5 Å². The Morgan fingerprint density at radius 3 is 2.71 bits per heavy atom. The van der Waals surface area contributed by atoms with Crippen molar-refractivity contribution < 1.29 is 13.9 Å². The minimum Gasteiger partial charge on any atom is -0.454 e. The van der Waals surface area contributed by atoms with E-state index in [1.54, 1.807) is 0 Å². The third kappa shape index (κ3) is 4.71. The van der Waals surface area contributed by atoms with Gasteiger partial charge in [0.1, 0.15) is 11.3 Å². The molecule has 3 heterocycles. The van der Waals surface area contributed by atoms with Gasteiger partial charge in [0.15, 0.2) is 5.76 Å². The minimum atomic E-state index is 0.104. The molecule has 160 valence electrons. The Balaban J connectivity index is 1.42. The fraction of sp³-hybridized carbons (Fsp3) is 0.320. The van der Waals surface area contributed by atoms with Crippen LogP contribution in [0.3, 0.4) is 0 Å². The monoisotopic (exact) mass is 417 g/mol. The van der Waals surface area contributed by atoms with Crippen molar-refractivity contribution >= 4 is 11.0 Å². The maximum atomic E-state index is 6.15. The number of furan rings is 1. The molecule has 5 rings (SSSR count). The van der Waals surface area contributed by atoms with Crippen molar-refractivity contribution in [1.82, 2.24) is 14.7 Å². The summed E-state index contributed by atoms with van der Waals surface area (Å²) >= 11 is 0. The van der Waals surface area contributed by atoms with Crippen molar-refractivity contribution in [2.75, 3.05) is 33.4 Å². The maximum absolute atomic E-state index is 6.15. The van der Waals surface area contributed by atoms with Crippen LogP contribution in [0.15, 0.2) is 71.3 Å². The van der Waals surface area contributed by atoms with E-state index < -0.39 is 0 Å². The SMILES string of the molecule is CN(Cc1cn(Cc2ccccc2)nc1-c1cc2ccccc2o1)C[C@H]1COCCO1. The number of benzene rings is 2. The summed E-state index contributed by atoms with van der Waals surface area (Å²) in [7, 11) is 2.11. The van der Waals surface area contributed by atoms with Crippen molar-refractivity contribution in [2.45, 2.75) is 19.2 Å². The lowest BCUT2D eigenvalue weighted by Gasteiger charge is -2.27. The first-order chi connectivity index (χ1) is 15.2. The van der Waals surface area contributed by atoms with Gasteiger partial charge in [0.2, 0.25) is 0 Å². The van der Waals surface area contributed by atoms with Crippen LogP contribution in [-0.2, 0) is 22.6 Å². The van der Waals surface area contributed by atoms with E-state index >= 15 is 0 Å². The molecular weight excluding hydrogens is 390 g/mol. The van der Waals surface area contributed by atoms with Gasteiger partial charge in [-0.3, -0.25) is 9.58 Å². The first-order valence-electron chi connectivity index (χ1n) is 10.7. The Labute approximate surface area is 182 Å². The molecule has 0 amide bonds. The van der Waals surface area contributed by atoms with E-state index in [0.717, 1.165) is 47.6 Å². The number of likely N-dealkylation sites (N-methyl/N-ethyl adjacent to an activating group) is 1. The molecule has 6 heteroatoms. The Hall–Kier alpha value is -2.93. The summed E-state index contributed by atoms with van der Waals surface area (Å²) in [5.41, 5.74) is 4.12. The molecule has 31 heavy (non-hydrogen) atoms. The molecule has 4 aromatic rings. The predicted octanol–water partition coefficient (Wildman–Crippen LogP) is 4.19. The Morgan fingerprint density at radius 2 is 1.90 bits per heavy atom. The highest BCUT2D eigenvalue weighted by Crippen LogP contribution is 2.30. The Bertz CT molecular complexity index is 1100. The number of para-hydroxylation sites is 1. The van der Waals surface area contributed by atoms with Crippen LogP contribution in [-0.4, -0.2) is 54.2 Å². The van der Waals surface area contributed by atoms with E-state index in [9.17, 15) is 0 Å². The van der Waals surface area contributed by atoms with Gasteiger partial charge in [-0.1, -0.05) is 48.5 Å². The highest BCUT2D eigenvalue weighted by Gasteiger charge is 2.20. The van der Waals surface area contributed by atoms with Gasteiger partial charge in [-0.2, -0.15) is 5.10 Å². The van der Waals surface area contributed by atoms with Gasteiger partial charge in [-0.05, 0) is 24.7 Å². The van der Waals surface area contributed by atoms with Crippen molar-refractivity contribution in [1.29, 1.82) is 0 Å². The van der Waals surface area contributed by atoms with Crippen molar-refractivity contribution in [3.63, 3.8) is 0 Å². The molecule has 0 bridgehead atoms. The van der Waals surface area contributed by atoms with Crippen molar-refractivity contribution in [3.8, 4) is 11.5 Å². The van der Waals surface area contributed by atoms with E-state index in [1.165, 1.54) is 5.56 Å². The van der Waals surface area contributed by atoms with Crippen LogP contribution in [0.1, 0.15) is 11.1 Å². The standard InChI is InChI=1S/C25H27N3O3/c1-27(17-22-18-29-11-12-30-22)15-21-16-28(14-19-7-3-2-4-8-19)26-25(21)24-13-20-9-5-6-10-23(20)31-24/h2-10,13,16,22H,11-12,14-15,17-18H2,1H3/t22-/m0/s1. The number of aromatic nitrogens is 2. The third-order valence-corrected chi connectivity index (χ3v) is 5.52. The smallest absolute Gasteiger partial charge is 0.156 e. The maximum Gasteiger partial charge on any atom is 0.156 e. The second-order valence-corrected chi connectivity index (χ2v) is 8.10. The molecule has 0 unspecified atom stereocenters. The first kappa shape index (κ1) is 20.0. The highest BCUT2D eigenvalue weighted by atomic mass is 16.6. The molecule has 1 saturated heterocycles. The van der Waals surface area contributed by atoms with Gasteiger partial charge in [0.05, 0.1) is 32.5 Å². The molecular formula is C25H27N3O3. The summed E-state index contributed by atoms with van der Waals surface area (Å²) in [6, 6.07) is 20.5. The average molecular weight is 418 g/mol. The fourth-order valence-corrected chi connectivity index (χ4v) is 4.08. The van der Waals surface area contributed by atoms with Crippen LogP contribution in [0.25, 0.3) is 22.4 Å². The molecule has 1 aliphatic rings. The van der Waals surface area contributed by atoms with Crippen LogP contribution in [0.5, 0.6) is 0 Å². The summed E-state index contributed by atoms with van der Waals surface area (Å²) in [5, 5.41) is 6.00. The quantitative estimate of drug-likeness (QED) is 0.451. The number of nitrogens with zero attached hydrogens (tertiary/aromatic N) is 3. The zero-order valence-corrected chi connectivity index (χ0v) is 17.7. The molecule has 0 radical (unpaired) electrons. The van der Waals surface area contributed by atoms with Crippen molar-refractivity contribution in [3.05, 3.63) is 78.0 Å². The lowest BCUT2D eigenvalue weighted by molar-refractivity contribution is -0.0962. The van der Waals surface area contributed by atoms with E-state index in [0.29, 0.717) is 19.8 Å². The molecule has 2 aromatic carbocycles. The van der Waals surface area contributed by atoms with Gasteiger partial charge < -0.3 is 13.9 Å². The molecule has 1 atom stereocenters. The molecule has 0 spiro atoms. The lowest BCUT2D eigenvalue weighted by Crippen LogP contribution is -2.38. The molecule has 0 aliphatic carbocycles. The highest BCUT2D eigenvalue weighted by molar-refractivity contribution is 5.82. The number of fused-ring (bicyclic) bond motifs is 1. The first-order valence-corrected chi connectivity index (χ1v) is 10.7. The van der Waals surface area contributed by atoms with E-state index in [1.807, 2.05) is 28.9 Å². The summed E-state index contributed by atoms with van der Waals surface area (Å²) < 4.78 is 19.5. The topological polar surface area (TPSA) is 52.7 Å². The molecule has 1 fully saturated rings. The van der Waals surface area contributed by atoms with E-state index in [4.69, 9.17) is 19.0 Å². The molecule has 6 nitrogen and oxygen atoms in total. The average Bonchev–Trinajstić information content (AvgIpc) is 3.38. The number of ether oxygens (including phenoxy) is 2. The zero-order valence-electron chi connectivity index (χ0n) is 17.7. The van der Waals surface area contributed by atoms with Gasteiger partial charge in [0, 0.05) is 30.2 Å². The molecule has 1 aliphatic heterocycles. The normalized spacial score (nSPS) is 16.9. The summed E-state index contributed by atoms with van der Waals surface area (Å²) in [6.45, 7) is 4.27. The van der Waals surface area contributed by atoms with Crippen LogP contribution in [0.4, 0.5) is 0 Å². The predicted molar refractivity (Wildman–Crippen MR) is 120 cm³/mol. The number of hydrogen-bond acceptors (Lipinski definition) is 5. The van der Waals surface area contributed by atoms with Gasteiger partial charge in [-0.15, -0.1) is 0 Å². The third-order valence-electron chi connectivity index (χ3n) is 5.52. The van der Waals surface area contributed by atoms with Gasteiger partial charge >= 0.3 is 0 Å².